The van der Waals surface area contributed by atoms with Crippen LogP contribution in [0.25, 0.3) is 21.8 Å². The summed E-state index contributed by atoms with van der Waals surface area (Å²) in [5.41, 5.74) is 9.55. The van der Waals surface area contributed by atoms with Crippen molar-refractivity contribution in [2.75, 3.05) is 26.0 Å². The van der Waals surface area contributed by atoms with E-state index in [1.807, 2.05) is 92.7 Å². The molecule has 316 valence electrons. The Balaban J connectivity index is 0.000000186. The van der Waals surface area contributed by atoms with Crippen molar-refractivity contribution in [1.29, 1.82) is 0 Å². The summed E-state index contributed by atoms with van der Waals surface area (Å²) in [5, 5.41) is 1.72. The van der Waals surface area contributed by atoms with E-state index in [1.54, 1.807) is 0 Å². The molecule has 0 amide bonds. The lowest BCUT2D eigenvalue weighted by Gasteiger charge is -2.40. The van der Waals surface area contributed by atoms with Gasteiger partial charge in [-0.25, -0.2) is 9.59 Å². The predicted molar refractivity (Wildman–Crippen MR) is 236 cm³/mol. The Hall–Kier alpha value is -5.23. The van der Waals surface area contributed by atoms with Crippen molar-refractivity contribution in [3.63, 3.8) is 0 Å². The fraction of sp³-hybridized carbons (Fsp3) is 0.388. The minimum atomic E-state index is -3.47. The molecule has 2 aliphatic rings. The number of hydrogen-bond donors (Lipinski definition) is 2. The first-order valence-electron chi connectivity index (χ1n) is 20.8. The topological polar surface area (TPSA) is 131 Å². The average Bonchev–Trinajstić information content (AvgIpc) is 3.80. The van der Waals surface area contributed by atoms with Gasteiger partial charge in [-0.1, -0.05) is 93.6 Å². The molecular weight excluding hydrogens is 775 g/mol. The number of carbonyl (C=O) groups is 2. The normalized spacial score (nSPS) is 18.6. The summed E-state index contributed by atoms with van der Waals surface area (Å²) in [6, 6.07) is 32.1. The van der Waals surface area contributed by atoms with Crippen molar-refractivity contribution >= 4 is 43.9 Å². The Labute approximate surface area is 353 Å². The van der Waals surface area contributed by atoms with E-state index in [1.165, 1.54) is 31.4 Å². The molecule has 2 unspecified atom stereocenters. The van der Waals surface area contributed by atoms with Gasteiger partial charge in [0.1, 0.15) is 13.2 Å². The molecule has 60 heavy (non-hydrogen) atoms. The Morgan fingerprint density at radius 1 is 0.700 bits per heavy atom. The molecule has 8 rings (SSSR count). The summed E-state index contributed by atoms with van der Waals surface area (Å²) >= 11 is 0. The molecule has 2 N–H and O–H groups in total. The number of ether oxygens (including phenoxy) is 2. The first-order chi connectivity index (χ1) is 28.5. The fourth-order valence-electron chi connectivity index (χ4n) is 9.60. The van der Waals surface area contributed by atoms with Crippen LogP contribution in [-0.4, -0.2) is 67.2 Å². The third kappa shape index (κ3) is 10.6. The predicted octanol–water partition coefficient (Wildman–Crippen LogP) is 9.63. The lowest BCUT2D eigenvalue weighted by Crippen LogP contribution is -2.35. The molecule has 1 saturated carbocycles. The highest BCUT2D eigenvalue weighted by atomic mass is 32.2. The minimum absolute atomic E-state index is 0.0571. The lowest BCUT2D eigenvalue weighted by molar-refractivity contribution is 0.0465. The Morgan fingerprint density at radius 2 is 1.20 bits per heavy atom. The molecule has 1 saturated heterocycles. The SMILES string of the molecule is Cc1[nH]c2ccc(CCN3CC4(C)CC3CC(C)(C)C4)cc2c1C(=O)OCc1ccccc1.Cc1[nH]c2ccc(CCOS(C)(=O)=O)cc2c1C(=O)OCc1ccccc1. The van der Waals surface area contributed by atoms with Gasteiger partial charge in [-0.2, -0.15) is 8.42 Å². The number of carbonyl (C=O) groups excluding carboxylic acids is 2. The van der Waals surface area contributed by atoms with Crippen LogP contribution in [0.2, 0.25) is 0 Å². The van der Waals surface area contributed by atoms with Crippen molar-refractivity contribution in [3.05, 3.63) is 142 Å². The molecule has 2 atom stereocenters. The van der Waals surface area contributed by atoms with E-state index in [0.29, 0.717) is 34.4 Å². The molecule has 2 bridgehead atoms. The zero-order chi connectivity index (χ0) is 42.7. The van der Waals surface area contributed by atoms with Gasteiger partial charge in [-0.05, 0) is 103 Å². The van der Waals surface area contributed by atoms with Crippen molar-refractivity contribution in [1.82, 2.24) is 14.9 Å². The fourth-order valence-corrected chi connectivity index (χ4v) is 9.98. The summed E-state index contributed by atoms with van der Waals surface area (Å²) in [4.78, 5) is 34.9. The number of aromatic amines is 2. The minimum Gasteiger partial charge on any atom is -0.457 e. The molecule has 0 spiro atoms. The molecule has 1 aliphatic carbocycles. The molecule has 11 heteroatoms. The van der Waals surface area contributed by atoms with Crippen LogP contribution in [0.3, 0.4) is 0 Å². The van der Waals surface area contributed by atoms with Crippen LogP contribution in [0.15, 0.2) is 97.1 Å². The highest BCUT2D eigenvalue weighted by Gasteiger charge is 2.49. The maximum absolute atomic E-state index is 13.0. The third-order valence-electron chi connectivity index (χ3n) is 11.8. The summed E-state index contributed by atoms with van der Waals surface area (Å²) in [7, 11) is -3.47. The molecule has 10 nitrogen and oxygen atoms in total. The molecule has 0 radical (unpaired) electrons. The number of benzene rings is 4. The Morgan fingerprint density at radius 3 is 1.70 bits per heavy atom. The first kappa shape index (κ1) is 42.9. The molecule has 3 heterocycles. The van der Waals surface area contributed by atoms with Gasteiger partial charge in [-0.15, -0.1) is 0 Å². The summed E-state index contributed by atoms with van der Waals surface area (Å²) in [6.07, 6.45) is 6.42. The molecule has 6 aromatic rings. The van der Waals surface area contributed by atoms with Crippen molar-refractivity contribution in [3.8, 4) is 0 Å². The van der Waals surface area contributed by atoms with Gasteiger partial charge >= 0.3 is 11.9 Å². The molecular formula is C49H57N3O7S. The van der Waals surface area contributed by atoms with Gasteiger partial charge < -0.3 is 19.4 Å². The summed E-state index contributed by atoms with van der Waals surface area (Å²) in [5.74, 6) is -0.657. The van der Waals surface area contributed by atoms with E-state index in [9.17, 15) is 18.0 Å². The van der Waals surface area contributed by atoms with Gasteiger partial charge in [0.2, 0.25) is 0 Å². The summed E-state index contributed by atoms with van der Waals surface area (Å²) in [6.45, 7) is 14.0. The van der Waals surface area contributed by atoms with E-state index in [4.69, 9.17) is 13.7 Å². The first-order valence-corrected chi connectivity index (χ1v) is 22.6. The number of likely N-dealkylation sites (tertiary alicyclic amines) is 1. The van der Waals surface area contributed by atoms with Crippen LogP contribution in [0.1, 0.15) is 94.4 Å². The summed E-state index contributed by atoms with van der Waals surface area (Å²) < 4.78 is 38.1. The van der Waals surface area contributed by atoms with Crippen molar-refractivity contribution < 1.29 is 31.7 Å². The van der Waals surface area contributed by atoms with Crippen LogP contribution in [0.5, 0.6) is 0 Å². The van der Waals surface area contributed by atoms with Gasteiger partial charge in [0.15, 0.2) is 0 Å². The van der Waals surface area contributed by atoms with E-state index in [0.717, 1.165) is 69.1 Å². The molecule has 4 aromatic carbocycles. The monoisotopic (exact) mass is 831 g/mol. The smallest absolute Gasteiger partial charge is 0.340 e. The van der Waals surface area contributed by atoms with Crippen molar-refractivity contribution in [2.24, 2.45) is 10.8 Å². The van der Waals surface area contributed by atoms with E-state index in [-0.39, 0.29) is 25.8 Å². The second-order valence-corrected chi connectivity index (χ2v) is 19.5. The quantitative estimate of drug-likeness (QED) is 0.0870. The van der Waals surface area contributed by atoms with Crippen molar-refractivity contribution in [2.45, 2.75) is 86.0 Å². The van der Waals surface area contributed by atoms with Crippen LogP contribution in [0.4, 0.5) is 0 Å². The second-order valence-electron chi connectivity index (χ2n) is 17.8. The van der Waals surface area contributed by atoms with Gasteiger partial charge in [0.25, 0.3) is 10.1 Å². The van der Waals surface area contributed by atoms with E-state index >= 15 is 0 Å². The van der Waals surface area contributed by atoms with Crippen LogP contribution in [-0.2, 0) is 49.8 Å². The zero-order valence-electron chi connectivity index (χ0n) is 35.6. The number of aromatic nitrogens is 2. The Bertz CT molecular complexity index is 2580. The third-order valence-corrected chi connectivity index (χ3v) is 12.4. The van der Waals surface area contributed by atoms with E-state index in [2.05, 4.69) is 53.8 Å². The number of hydrogen-bond acceptors (Lipinski definition) is 8. The largest absolute Gasteiger partial charge is 0.457 e. The number of nitrogens with one attached hydrogen (secondary N) is 2. The maximum atomic E-state index is 13.0. The number of fused-ring (bicyclic) bond motifs is 4. The van der Waals surface area contributed by atoms with Crippen LogP contribution < -0.4 is 0 Å². The standard InChI is InChI=1S/C29H36N2O2.C20H21NO5S/c1-20-26(27(32)33-17-22-8-6-5-7-9-22)24-14-21(10-11-25(24)30-20)12-13-31-19-29(4)16-23(31)15-28(2,3)18-29;1-14-19(20(22)25-13-16-6-4-3-5-7-16)17-12-15(8-9-18(17)21-14)10-11-26-27(2,23)24/h5-11,14,23,30H,12-13,15-19H2,1-4H3;3-9,12,21H,10-11,13H2,1-2H3. The maximum Gasteiger partial charge on any atom is 0.340 e. The second kappa shape index (κ2) is 17.8. The highest BCUT2D eigenvalue weighted by Crippen LogP contribution is 2.52. The highest BCUT2D eigenvalue weighted by molar-refractivity contribution is 7.85. The lowest BCUT2D eigenvalue weighted by atomic mass is 9.65. The molecule has 1 aliphatic heterocycles. The van der Waals surface area contributed by atoms with E-state index < -0.39 is 16.1 Å². The number of nitrogens with zero attached hydrogens (tertiary/aromatic N) is 1. The van der Waals surface area contributed by atoms with Gasteiger partial charge in [0, 0.05) is 52.3 Å². The number of H-pyrrole nitrogens is 2. The number of aryl methyl sites for hydroxylation is 2. The zero-order valence-corrected chi connectivity index (χ0v) is 36.4. The van der Waals surface area contributed by atoms with Gasteiger partial charge in [-0.3, -0.25) is 9.08 Å². The molecule has 2 fully saturated rings. The average molecular weight is 832 g/mol. The number of rotatable bonds is 13. The molecule has 2 aromatic heterocycles. The van der Waals surface area contributed by atoms with Crippen LogP contribution >= 0.6 is 0 Å². The van der Waals surface area contributed by atoms with Crippen LogP contribution in [0, 0.1) is 24.7 Å². The number of esters is 2. The van der Waals surface area contributed by atoms with Gasteiger partial charge in [0.05, 0.1) is 24.0 Å². The Kier molecular flexibility index (Phi) is 12.7.